The Morgan fingerprint density at radius 3 is 1.90 bits per heavy atom. The third-order valence-corrected chi connectivity index (χ3v) is 0.748. The topological polar surface area (TPSA) is 38.0 Å². The molecule has 0 aliphatic rings. The number of nitrogens with two attached hydrogens (primary N) is 1. The molecular formula is C8H22N2. The summed E-state index contributed by atoms with van der Waals surface area (Å²) in [5.41, 5.74) is 5.21. The molecule has 0 aromatic heterocycles. The minimum Gasteiger partial charge on any atom is -0.329 e. The van der Waals surface area contributed by atoms with Gasteiger partial charge in [0.05, 0.1) is 0 Å². The van der Waals surface area contributed by atoms with E-state index in [1.165, 1.54) is 12.8 Å². The van der Waals surface area contributed by atoms with E-state index in [1.807, 2.05) is 0 Å². The highest BCUT2D eigenvalue weighted by Gasteiger charge is 1.76. The van der Waals surface area contributed by atoms with E-state index < -0.39 is 0 Å². The molecule has 0 aliphatic carbocycles. The van der Waals surface area contributed by atoms with Crippen molar-refractivity contribution in [1.82, 2.24) is 5.32 Å². The quantitative estimate of drug-likeness (QED) is 0.588. The third-order valence-electron chi connectivity index (χ3n) is 0.748. The Balaban J connectivity index is 0. The lowest BCUT2D eigenvalue weighted by molar-refractivity contribution is 0.678. The van der Waals surface area contributed by atoms with Crippen LogP contribution < -0.4 is 11.1 Å². The van der Waals surface area contributed by atoms with Crippen molar-refractivity contribution >= 4 is 0 Å². The first kappa shape index (κ1) is 12.6. The van der Waals surface area contributed by atoms with Gasteiger partial charge in [0.15, 0.2) is 0 Å². The van der Waals surface area contributed by atoms with Gasteiger partial charge in [0, 0.05) is 13.1 Å². The Morgan fingerprint density at radius 1 is 1.10 bits per heavy atom. The van der Waals surface area contributed by atoms with Crippen LogP contribution in [0.1, 0.15) is 33.6 Å². The maximum Gasteiger partial charge on any atom is 0.00744 e. The van der Waals surface area contributed by atoms with Crippen molar-refractivity contribution < 1.29 is 0 Å². The van der Waals surface area contributed by atoms with Gasteiger partial charge < -0.3 is 11.1 Å². The van der Waals surface area contributed by atoms with E-state index in [9.17, 15) is 0 Å². The number of hydrogen-bond acceptors (Lipinski definition) is 2. The van der Waals surface area contributed by atoms with Crippen molar-refractivity contribution in [3.05, 3.63) is 0 Å². The summed E-state index contributed by atoms with van der Waals surface area (Å²) in [7, 11) is 0. The minimum absolute atomic E-state index is 0.750. The Hall–Kier alpha value is -0.0800. The Morgan fingerprint density at radius 2 is 1.60 bits per heavy atom. The fourth-order valence-electron chi connectivity index (χ4n) is 0.404. The molecule has 10 heavy (non-hydrogen) atoms. The van der Waals surface area contributed by atoms with Crippen LogP contribution in [0.5, 0.6) is 0 Å². The van der Waals surface area contributed by atoms with Crippen molar-refractivity contribution in [2.45, 2.75) is 33.6 Å². The molecule has 0 heterocycles. The Bertz CT molecular complexity index is 34.2. The first-order valence-electron chi connectivity index (χ1n) is 4.24. The van der Waals surface area contributed by atoms with Crippen LogP contribution in [0.3, 0.4) is 0 Å². The molecule has 0 saturated carbocycles. The second-order valence-corrected chi connectivity index (χ2v) is 2.25. The molecule has 0 spiro atoms. The van der Waals surface area contributed by atoms with Crippen molar-refractivity contribution in [3.8, 4) is 0 Å². The molecule has 64 valence electrons. The van der Waals surface area contributed by atoms with Crippen LogP contribution in [0.25, 0.3) is 0 Å². The molecule has 0 amide bonds. The Kier molecular flexibility index (Phi) is 20.1. The minimum atomic E-state index is 0.750. The van der Waals surface area contributed by atoms with E-state index >= 15 is 0 Å². The van der Waals surface area contributed by atoms with Crippen LogP contribution in [0, 0.1) is 0 Å². The van der Waals surface area contributed by atoms with Crippen LogP contribution in [0.15, 0.2) is 0 Å². The standard InChI is InChI=1S/C5H14N2.C3H8/c1-2-4-7-5-3-6;1-3-2/h7H,2-6H2,1H3;3H2,1-2H3. The van der Waals surface area contributed by atoms with Gasteiger partial charge in [0.2, 0.25) is 0 Å². The zero-order valence-electron chi connectivity index (χ0n) is 7.61. The molecule has 0 saturated heterocycles. The first-order valence-corrected chi connectivity index (χ1v) is 4.24. The molecule has 0 radical (unpaired) electrons. The van der Waals surface area contributed by atoms with E-state index in [2.05, 4.69) is 26.1 Å². The molecule has 3 N–H and O–H groups in total. The molecule has 0 rings (SSSR count). The second-order valence-electron chi connectivity index (χ2n) is 2.25. The first-order chi connectivity index (χ1) is 4.83. The summed E-state index contributed by atoms with van der Waals surface area (Å²) in [6.07, 6.45) is 2.44. The van der Waals surface area contributed by atoms with Gasteiger partial charge in [0.1, 0.15) is 0 Å². The van der Waals surface area contributed by atoms with Crippen LogP contribution in [0.2, 0.25) is 0 Å². The average molecular weight is 146 g/mol. The molecule has 0 bridgehead atoms. The maximum atomic E-state index is 5.21. The van der Waals surface area contributed by atoms with Gasteiger partial charge in [-0.3, -0.25) is 0 Å². The highest BCUT2D eigenvalue weighted by Crippen LogP contribution is 1.65. The van der Waals surface area contributed by atoms with Gasteiger partial charge in [-0.05, 0) is 13.0 Å². The monoisotopic (exact) mass is 146 g/mol. The third kappa shape index (κ3) is 24.7. The maximum absolute atomic E-state index is 5.21. The molecule has 2 nitrogen and oxygen atoms in total. The lowest BCUT2D eigenvalue weighted by atomic mass is 10.5. The summed E-state index contributed by atoms with van der Waals surface area (Å²) in [5, 5.41) is 3.16. The van der Waals surface area contributed by atoms with E-state index in [0.29, 0.717) is 0 Å². The normalized spacial score (nSPS) is 8.40. The summed E-state index contributed by atoms with van der Waals surface area (Å²) in [6.45, 7) is 9.19. The van der Waals surface area contributed by atoms with Gasteiger partial charge in [0.25, 0.3) is 0 Å². The molecule has 0 aliphatic heterocycles. The predicted molar refractivity (Wildman–Crippen MR) is 48.2 cm³/mol. The SMILES string of the molecule is CCC.CCCNCCN. The van der Waals surface area contributed by atoms with Crippen LogP contribution >= 0.6 is 0 Å². The lowest BCUT2D eigenvalue weighted by Gasteiger charge is -1.95. The van der Waals surface area contributed by atoms with E-state index in [-0.39, 0.29) is 0 Å². The smallest absolute Gasteiger partial charge is 0.00744 e. The fourth-order valence-corrected chi connectivity index (χ4v) is 0.404. The largest absolute Gasteiger partial charge is 0.329 e. The van der Waals surface area contributed by atoms with Gasteiger partial charge in [-0.25, -0.2) is 0 Å². The molecule has 0 atom stereocenters. The van der Waals surface area contributed by atoms with Gasteiger partial charge >= 0.3 is 0 Å². The van der Waals surface area contributed by atoms with Gasteiger partial charge in [-0.2, -0.15) is 0 Å². The van der Waals surface area contributed by atoms with Crippen molar-refractivity contribution in [2.24, 2.45) is 5.73 Å². The number of hydrogen-bond donors (Lipinski definition) is 2. The zero-order chi connectivity index (χ0) is 8.24. The summed E-state index contributed by atoms with van der Waals surface area (Å²) in [5.74, 6) is 0. The number of nitrogens with one attached hydrogen (secondary N) is 1. The lowest BCUT2D eigenvalue weighted by Crippen LogP contribution is -2.22. The molecule has 0 aromatic rings. The van der Waals surface area contributed by atoms with Crippen molar-refractivity contribution in [2.75, 3.05) is 19.6 Å². The van der Waals surface area contributed by atoms with E-state index in [1.54, 1.807) is 0 Å². The molecule has 0 unspecified atom stereocenters. The van der Waals surface area contributed by atoms with E-state index in [0.717, 1.165) is 19.6 Å². The highest BCUT2D eigenvalue weighted by molar-refractivity contribution is 4.42. The molecule has 0 fully saturated rings. The van der Waals surface area contributed by atoms with Crippen LogP contribution in [0.4, 0.5) is 0 Å². The molecule has 2 heteroatoms. The van der Waals surface area contributed by atoms with E-state index in [4.69, 9.17) is 5.73 Å². The molecule has 0 aromatic carbocycles. The zero-order valence-corrected chi connectivity index (χ0v) is 7.61. The summed E-state index contributed by atoms with van der Waals surface area (Å²) in [6, 6.07) is 0. The van der Waals surface area contributed by atoms with Crippen LogP contribution in [-0.2, 0) is 0 Å². The molecular weight excluding hydrogens is 124 g/mol. The van der Waals surface area contributed by atoms with Crippen molar-refractivity contribution in [3.63, 3.8) is 0 Å². The van der Waals surface area contributed by atoms with Gasteiger partial charge in [-0.1, -0.05) is 27.2 Å². The number of rotatable bonds is 4. The van der Waals surface area contributed by atoms with Gasteiger partial charge in [-0.15, -0.1) is 0 Å². The van der Waals surface area contributed by atoms with Crippen LogP contribution in [-0.4, -0.2) is 19.6 Å². The summed E-state index contributed by atoms with van der Waals surface area (Å²) in [4.78, 5) is 0. The predicted octanol–water partition coefficient (Wildman–Crippen LogP) is 1.36. The Labute approximate surface area is 65.2 Å². The second kappa shape index (κ2) is 16.0. The fraction of sp³-hybridized carbons (Fsp3) is 1.00. The summed E-state index contributed by atoms with van der Waals surface area (Å²) >= 11 is 0. The van der Waals surface area contributed by atoms with Crippen molar-refractivity contribution in [1.29, 1.82) is 0 Å². The average Bonchev–Trinajstić information content (AvgIpc) is 1.91. The highest BCUT2D eigenvalue weighted by atomic mass is 14.9. The summed E-state index contributed by atoms with van der Waals surface area (Å²) < 4.78 is 0.